The molecule has 0 saturated carbocycles. The largest absolute Gasteiger partial charge is 0.391 e. The maximum atomic E-state index is 13.4. The van der Waals surface area contributed by atoms with Crippen LogP contribution < -0.4 is 5.32 Å². The van der Waals surface area contributed by atoms with Crippen molar-refractivity contribution in [1.29, 1.82) is 0 Å². The molecule has 6 nitrogen and oxygen atoms in total. The number of aliphatic hydroxyl groups is 1. The highest BCUT2D eigenvalue weighted by Crippen LogP contribution is 2.22. The van der Waals surface area contributed by atoms with Crippen LogP contribution in [0.3, 0.4) is 0 Å². The van der Waals surface area contributed by atoms with E-state index in [1.165, 1.54) is 22.3 Å². The number of carbonyl (C=O) groups is 2. The molecule has 3 aromatic rings. The van der Waals surface area contributed by atoms with E-state index in [9.17, 15) is 14.7 Å². The van der Waals surface area contributed by atoms with Crippen molar-refractivity contribution in [3.63, 3.8) is 0 Å². The Morgan fingerprint density at radius 2 is 1.33 bits per heavy atom. The number of β-amino-alcohol motifs (C(OH)–C–C–N with tert-alkyl or cyclic N) is 1. The number of nitrogens with zero attached hydrogens (tertiary/aromatic N) is 2. The fourth-order valence-corrected chi connectivity index (χ4v) is 6.80. The number of amides is 2. The van der Waals surface area contributed by atoms with Gasteiger partial charge in [0.05, 0.1) is 12.5 Å². The summed E-state index contributed by atoms with van der Waals surface area (Å²) in [6.07, 6.45) is 7.84. The zero-order chi connectivity index (χ0) is 32.6. The van der Waals surface area contributed by atoms with Crippen molar-refractivity contribution in [2.75, 3.05) is 26.2 Å². The van der Waals surface area contributed by atoms with E-state index in [1.54, 1.807) is 0 Å². The molecule has 2 aliphatic rings. The number of likely N-dealkylation sites (tertiary alicyclic amines) is 1. The number of piperidine rings is 1. The minimum Gasteiger partial charge on any atom is -0.391 e. The zero-order valence-corrected chi connectivity index (χ0v) is 28.1. The average molecular weight is 626 g/mol. The molecule has 2 heterocycles. The van der Waals surface area contributed by atoms with Gasteiger partial charge in [-0.3, -0.25) is 14.5 Å². The van der Waals surface area contributed by atoms with Gasteiger partial charge in [-0.25, -0.2) is 0 Å². The van der Waals surface area contributed by atoms with Crippen LogP contribution in [0.1, 0.15) is 81.0 Å². The fourth-order valence-electron chi connectivity index (χ4n) is 6.80. The summed E-state index contributed by atoms with van der Waals surface area (Å²) in [4.78, 5) is 30.5. The van der Waals surface area contributed by atoms with Crippen LogP contribution >= 0.6 is 0 Å². The van der Waals surface area contributed by atoms with Gasteiger partial charge in [-0.15, -0.1) is 0 Å². The molecule has 0 bridgehead atoms. The highest BCUT2D eigenvalue weighted by Gasteiger charge is 2.29. The van der Waals surface area contributed by atoms with Crippen molar-refractivity contribution < 1.29 is 14.7 Å². The Bertz CT molecular complexity index is 1260. The lowest BCUT2D eigenvalue weighted by atomic mass is 9.93. The van der Waals surface area contributed by atoms with Crippen LogP contribution in [0.5, 0.6) is 0 Å². The summed E-state index contributed by atoms with van der Waals surface area (Å²) >= 11 is 0. The normalized spacial score (nSPS) is 15.9. The maximum Gasteiger partial charge on any atom is 0.225 e. The Labute approximate surface area is 277 Å². The summed E-state index contributed by atoms with van der Waals surface area (Å²) in [6.45, 7) is 7.39. The van der Waals surface area contributed by atoms with Crippen molar-refractivity contribution >= 4 is 11.8 Å². The zero-order valence-electron chi connectivity index (χ0n) is 28.1. The van der Waals surface area contributed by atoms with Gasteiger partial charge in [0.25, 0.3) is 0 Å². The highest BCUT2D eigenvalue weighted by atomic mass is 16.3. The van der Waals surface area contributed by atoms with E-state index in [-0.39, 0.29) is 30.2 Å². The second-order valence-electron chi connectivity index (χ2n) is 12.7. The molecule has 248 valence electrons. The first-order valence-electron chi connectivity index (χ1n) is 17.7. The minimum atomic E-state index is -0.679. The molecule has 1 saturated heterocycles. The van der Waals surface area contributed by atoms with E-state index >= 15 is 0 Å². The molecule has 3 aromatic carbocycles. The van der Waals surface area contributed by atoms with Crippen LogP contribution in [0.4, 0.5) is 0 Å². The molecule has 2 amide bonds. The lowest BCUT2D eigenvalue weighted by Crippen LogP contribution is -2.46. The van der Waals surface area contributed by atoms with E-state index in [4.69, 9.17) is 0 Å². The number of rotatable bonds is 14. The minimum absolute atomic E-state index is 0.00605. The van der Waals surface area contributed by atoms with Gasteiger partial charge in [0.15, 0.2) is 0 Å². The van der Waals surface area contributed by atoms with Crippen LogP contribution in [0.2, 0.25) is 0 Å². The van der Waals surface area contributed by atoms with Gasteiger partial charge in [0.2, 0.25) is 11.8 Å². The van der Waals surface area contributed by atoms with Gasteiger partial charge in [-0.2, -0.15) is 0 Å². The third-order valence-corrected chi connectivity index (χ3v) is 9.38. The van der Waals surface area contributed by atoms with Crippen LogP contribution in [-0.4, -0.2) is 65.0 Å². The average Bonchev–Trinajstić information content (AvgIpc) is 3.10. The summed E-state index contributed by atoms with van der Waals surface area (Å²) in [5, 5.41) is 14.1. The molecule has 2 N–H and O–H groups in total. The summed E-state index contributed by atoms with van der Waals surface area (Å²) in [5.41, 5.74) is 5.37. The van der Waals surface area contributed by atoms with Crippen molar-refractivity contribution in [2.24, 2.45) is 5.92 Å². The third kappa shape index (κ3) is 11.4. The van der Waals surface area contributed by atoms with Crippen LogP contribution in [0.25, 0.3) is 0 Å². The Balaban J connectivity index is 0.00000235. The van der Waals surface area contributed by atoms with Crippen molar-refractivity contribution in [3.05, 3.63) is 107 Å². The Morgan fingerprint density at radius 1 is 0.783 bits per heavy atom. The summed E-state index contributed by atoms with van der Waals surface area (Å²) in [6, 6.07) is 29.7. The number of hydrogen-bond acceptors (Lipinski definition) is 4. The number of nitrogens with one attached hydrogen (secondary N) is 1. The first-order valence-corrected chi connectivity index (χ1v) is 17.7. The van der Waals surface area contributed by atoms with Crippen molar-refractivity contribution in [2.45, 2.75) is 96.7 Å². The van der Waals surface area contributed by atoms with Gasteiger partial charge in [-0.1, -0.05) is 98.8 Å². The first kappa shape index (κ1) is 35.4. The number of hydrogen-bond donors (Lipinski definition) is 2. The predicted octanol–water partition coefficient (Wildman–Crippen LogP) is 6.59. The second kappa shape index (κ2) is 19.2. The number of carbonyl (C=O) groups excluding carboxylic acids is 2. The monoisotopic (exact) mass is 625 g/mol. The quantitative estimate of drug-likeness (QED) is 0.212. The summed E-state index contributed by atoms with van der Waals surface area (Å²) in [7, 11) is 0. The van der Waals surface area contributed by atoms with E-state index < -0.39 is 6.10 Å². The maximum absolute atomic E-state index is 13.4. The molecule has 2 aliphatic heterocycles. The smallest absolute Gasteiger partial charge is 0.225 e. The van der Waals surface area contributed by atoms with Gasteiger partial charge >= 0.3 is 0 Å². The molecule has 0 radical (unpaired) electrons. The lowest BCUT2D eigenvalue weighted by Gasteiger charge is -2.34. The first-order chi connectivity index (χ1) is 22.5. The summed E-state index contributed by atoms with van der Waals surface area (Å²) in [5.74, 6) is 0.0588. The number of aryl methyl sites for hydroxylation is 2. The molecule has 6 heteroatoms. The molecule has 46 heavy (non-hydrogen) atoms. The van der Waals surface area contributed by atoms with Gasteiger partial charge < -0.3 is 15.3 Å². The fraction of sp³-hybridized carbons (Fsp3) is 0.500. The van der Waals surface area contributed by atoms with E-state index in [2.05, 4.69) is 83.0 Å². The third-order valence-electron chi connectivity index (χ3n) is 9.38. The molecular formula is C40H55N3O3. The Morgan fingerprint density at radius 3 is 1.91 bits per heavy atom. The molecule has 0 spiro atoms. The topological polar surface area (TPSA) is 72.9 Å². The van der Waals surface area contributed by atoms with Gasteiger partial charge in [0.1, 0.15) is 0 Å². The molecule has 1 fully saturated rings. The van der Waals surface area contributed by atoms with Crippen LogP contribution in [-0.2, 0) is 35.4 Å². The number of benzene rings is 3. The van der Waals surface area contributed by atoms with Gasteiger partial charge in [0, 0.05) is 44.7 Å². The standard InChI is InChI=1S/C38H49N3O3.C2H6/c42-36(29-40-24-21-32-17-7-8-18-34(32)28-40)27-37(43)41-25-22-33(23-26-41)38(44)39-35(19-9-15-30-11-3-1-4-12-30)20-10-16-31-13-5-2-6-14-31;1-2/h1-8,11-14,17-18,33,35-36,42H,9-10,15-16,19-29H2,(H,39,44);1-2H3. The number of fused-ring (bicyclic) bond motifs is 1. The van der Waals surface area contributed by atoms with Crippen molar-refractivity contribution in [3.8, 4) is 0 Å². The van der Waals surface area contributed by atoms with Gasteiger partial charge in [-0.05, 0) is 80.0 Å². The predicted molar refractivity (Wildman–Crippen MR) is 187 cm³/mol. The van der Waals surface area contributed by atoms with Crippen molar-refractivity contribution in [1.82, 2.24) is 15.1 Å². The number of aliphatic hydroxyl groups excluding tert-OH is 1. The molecule has 1 unspecified atom stereocenters. The Hall–Kier alpha value is -3.48. The lowest BCUT2D eigenvalue weighted by molar-refractivity contribution is -0.137. The molecule has 1 atom stereocenters. The van der Waals surface area contributed by atoms with E-state index in [1.807, 2.05) is 30.9 Å². The second-order valence-corrected chi connectivity index (χ2v) is 12.7. The molecular weight excluding hydrogens is 570 g/mol. The molecule has 0 aromatic heterocycles. The summed E-state index contributed by atoms with van der Waals surface area (Å²) < 4.78 is 0. The molecule has 5 rings (SSSR count). The Kier molecular flexibility index (Phi) is 14.8. The molecule has 0 aliphatic carbocycles. The van der Waals surface area contributed by atoms with E-state index in [0.29, 0.717) is 32.5 Å². The van der Waals surface area contributed by atoms with E-state index in [0.717, 1.165) is 58.0 Å². The van der Waals surface area contributed by atoms with Crippen LogP contribution in [0.15, 0.2) is 84.9 Å². The highest BCUT2D eigenvalue weighted by molar-refractivity contribution is 5.80. The van der Waals surface area contributed by atoms with Crippen LogP contribution in [0, 0.1) is 5.92 Å². The SMILES string of the molecule is CC.O=C(NC(CCCc1ccccc1)CCCc1ccccc1)C1CCN(C(=O)CC(O)CN2CCc3ccccc3C2)CC1.